The van der Waals surface area contributed by atoms with E-state index in [2.05, 4.69) is 27.3 Å². The number of anilines is 1. The Balaban J connectivity index is 1.54. The van der Waals surface area contributed by atoms with Gasteiger partial charge in [0.05, 0.1) is 0 Å². The molecule has 106 valence electrons. The zero-order chi connectivity index (χ0) is 13.5. The van der Waals surface area contributed by atoms with Gasteiger partial charge < -0.3 is 9.73 Å². The Morgan fingerprint density at radius 3 is 3.15 bits per heavy atom. The maximum atomic E-state index is 5.53. The molecule has 3 heterocycles. The van der Waals surface area contributed by atoms with Gasteiger partial charge in [-0.25, -0.2) is 4.98 Å². The van der Waals surface area contributed by atoms with Crippen LogP contribution in [0, 0.1) is 6.92 Å². The van der Waals surface area contributed by atoms with E-state index >= 15 is 0 Å². The van der Waals surface area contributed by atoms with Crippen LogP contribution in [0.3, 0.4) is 0 Å². The molecule has 0 spiro atoms. The molecular formula is C16H21N3O. The summed E-state index contributed by atoms with van der Waals surface area (Å²) in [5.41, 5.74) is 2.99. The molecule has 2 aliphatic heterocycles. The van der Waals surface area contributed by atoms with Gasteiger partial charge >= 0.3 is 0 Å². The Morgan fingerprint density at radius 2 is 2.20 bits per heavy atom. The minimum atomic E-state index is 0.584. The Hall–Kier alpha value is -1.55. The smallest absolute Gasteiger partial charge is 0.192 e. The fourth-order valence-electron chi connectivity index (χ4n) is 3.76. The van der Waals surface area contributed by atoms with Crippen LogP contribution < -0.4 is 5.32 Å². The highest BCUT2D eigenvalue weighted by Gasteiger charge is 2.35. The van der Waals surface area contributed by atoms with Crippen LogP contribution in [0.15, 0.2) is 22.6 Å². The van der Waals surface area contributed by atoms with E-state index in [0.29, 0.717) is 6.04 Å². The Bertz CT molecular complexity index is 621. The van der Waals surface area contributed by atoms with Crippen molar-refractivity contribution in [1.29, 1.82) is 0 Å². The summed E-state index contributed by atoms with van der Waals surface area (Å²) >= 11 is 0. The Morgan fingerprint density at radius 1 is 1.25 bits per heavy atom. The predicted octanol–water partition coefficient (Wildman–Crippen LogP) is 3.17. The number of oxazole rings is 1. The molecule has 2 atom stereocenters. The van der Waals surface area contributed by atoms with Gasteiger partial charge in [-0.1, -0.05) is 6.42 Å². The quantitative estimate of drug-likeness (QED) is 0.911. The fraction of sp³-hybridized carbons (Fsp3) is 0.562. The number of hydrogen-bond acceptors (Lipinski definition) is 4. The van der Waals surface area contributed by atoms with Crippen molar-refractivity contribution < 1.29 is 4.42 Å². The molecule has 2 aliphatic rings. The van der Waals surface area contributed by atoms with Gasteiger partial charge in [-0.3, -0.25) is 4.90 Å². The Labute approximate surface area is 119 Å². The summed E-state index contributed by atoms with van der Waals surface area (Å²) in [5.74, 6) is 0.733. The maximum absolute atomic E-state index is 5.53. The lowest BCUT2D eigenvalue weighted by atomic mass is 9.99. The Kier molecular flexibility index (Phi) is 2.91. The number of benzene rings is 1. The summed E-state index contributed by atoms with van der Waals surface area (Å²) in [7, 11) is 0. The molecule has 1 aromatic carbocycles. The van der Waals surface area contributed by atoms with Gasteiger partial charge in [0.25, 0.3) is 0 Å². The minimum absolute atomic E-state index is 0.584. The van der Waals surface area contributed by atoms with Gasteiger partial charge in [0.2, 0.25) is 0 Å². The monoisotopic (exact) mass is 271 g/mol. The highest BCUT2D eigenvalue weighted by Crippen LogP contribution is 2.30. The van der Waals surface area contributed by atoms with Gasteiger partial charge in [0.1, 0.15) is 5.52 Å². The number of rotatable bonds is 2. The molecule has 4 nitrogen and oxygen atoms in total. The van der Waals surface area contributed by atoms with Crippen molar-refractivity contribution in [3.63, 3.8) is 0 Å². The van der Waals surface area contributed by atoms with Crippen molar-refractivity contribution in [3.8, 4) is 0 Å². The number of nitrogens with zero attached hydrogens (tertiary/aromatic N) is 2. The van der Waals surface area contributed by atoms with Gasteiger partial charge in [0, 0.05) is 31.2 Å². The zero-order valence-corrected chi connectivity index (χ0v) is 11.9. The van der Waals surface area contributed by atoms with E-state index in [9.17, 15) is 0 Å². The zero-order valence-electron chi connectivity index (χ0n) is 11.9. The molecule has 20 heavy (non-hydrogen) atoms. The highest BCUT2D eigenvalue weighted by molar-refractivity contribution is 5.77. The lowest BCUT2D eigenvalue weighted by Crippen LogP contribution is -2.41. The van der Waals surface area contributed by atoms with E-state index in [4.69, 9.17) is 4.42 Å². The van der Waals surface area contributed by atoms with Crippen molar-refractivity contribution in [2.75, 3.05) is 18.4 Å². The average molecular weight is 271 g/mol. The van der Waals surface area contributed by atoms with Crippen LogP contribution in [0.1, 0.15) is 31.6 Å². The molecular weight excluding hydrogens is 250 g/mol. The molecule has 4 heteroatoms. The van der Waals surface area contributed by atoms with Crippen LogP contribution in [0.25, 0.3) is 11.1 Å². The molecule has 2 aromatic rings. The number of piperidine rings is 1. The SMILES string of the molecule is Cc1nc2cc(NC3CCN4CCCCC34)ccc2o1. The summed E-state index contributed by atoms with van der Waals surface area (Å²) in [6.45, 7) is 4.42. The first kappa shape index (κ1) is 12.2. The second-order valence-electron chi connectivity index (χ2n) is 6.05. The first-order valence-corrected chi connectivity index (χ1v) is 7.67. The summed E-state index contributed by atoms with van der Waals surface area (Å²) in [4.78, 5) is 7.07. The topological polar surface area (TPSA) is 41.3 Å². The van der Waals surface area contributed by atoms with E-state index in [1.165, 1.54) is 44.5 Å². The predicted molar refractivity (Wildman–Crippen MR) is 80.0 cm³/mol. The van der Waals surface area contributed by atoms with Crippen molar-refractivity contribution in [2.45, 2.75) is 44.7 Å². The van der Waals surface area contributed by atoms with E-state index in [1.807, 2.05) is 13.0 Å². The molecule has 1 aromatic heterocycles. The second-order valence-corrected chi connectivity index (χ2v) is 6.05. The summed E-state index contributed by atoms with van der Waals surface area (Å²) < 4.78 is 5.53. The van der Waals surface area contributed by atoms with Crippen molar-refractivity contribution in [2.24, 2.45) is 0 Å². The summed E-state index contributed by atoms with van der Waals surface area (Å²) in [6.07, 6.45) is 5.33. The summed E-state index contributed by atoms with van der Waals surface area (Å²) in [5, 5.41) is 3.72. The minimum Gasteiger partial charge on any atom is -0.441 e. The van der Waals surface area contributed by atoms with Crippen LogP contribution in [0.4, 0.5) is 5.69 Å². The highest BCUT2D eigenvalue weighted by atomic mass is 16.3. The van der Waals surface area contributed by atoms with Crippen LogP contribution in [-0.2, 0) is 0 Å². The second kappa shape index (κ2) is 4.77. The number of aryl methyl sites for hydroxylation is 1. The average Bonchev–Trinajstić information content (AvgIpc) is 3.02. The standard InChI is InChI=1S/C16H21N3O/c1-11-17-14-10-12(5-6-16(14)20-11)18-13-7-9-19-8-3-2-4-15(13)19/h5-6,10,13,15,18H,2-4,7-9H2,1H3. The molecule has 0 radical (unpaired) electrons. The molecule has 0 saturated carbocycles. The van der Waals surface area contributed by atoms with Crippen molar-refractivity contribution in [1.82, 2.24) is 9.88 Å². The van der Waals surface area contributed by atoms with Crippen LogP contribution in [0.2, 0.25) is 0 Å². The molecule has 2 saturated heterocycles. The van der Waals surface area contributed by atoms with Crippen LogP contribution >= 0.6 is 0 Å². The van der Waals surface area contributed by atoms with E-state index < -0.39 is 0 Å². The first-order valence-electron chi connectivity index (χ1n) is 7.67. The third-order valence-corrected chi connectivity index (χ3v) is 4.70. The molecule has 0 aliphatic carbocycles. The largest absolute Gasteiger partial charge is 0.441 e. The summed E-state index contributed by atoms with van der Waals surface area (Å²) in [6, 6.07) is 7.54. The first-order chi connectivity index (χ1) is 9.79. The number of aromatic nitrogens is 1. The van der Waals surface area contributed by atoms with E-state index in [1.54, 1.807) is 0 Å². The number of hydrogen-bond donors (Lipinski definition) is 1. The third kappa shape index (κ3) is 2.08. The molecule has 2 unspecified atom stereocenters. The van der Waals surface area contributed by atoms with E-state index in [-0.39, 0.29) is 0 Å². The van der Waals surface area contributed by atoms with Gasteiger partial charge in [0.15, 0.2) is 11.5 Å². The van der Waals surface area contributed by atoms with Crippen LogP contribution in [0.5, 0.6) is 0 Å². The number of nitrogens with one attached hydrogen (secondary N) is 1. The van der Waals surface area contributed by atoms with Crippen molar-refractivity contribution in [3.05, 3.63) is 24.1 Å². The third-order valence-electron chi connectivity index (χ3n) is 4.70. The van der Waals surface area contributed by atoms with Crippen molar-refractivity contribution >= 4 is 16.8 Å². The lowest BCUT2D eigenvalue weighted by Gasteiger charge is -2.32. The molecule has 0 bridgehead atoms. The molecule has 4 rings (SSSR count). The van der Waals surface area contributed by atoms with Gasteiger partial charge in [-0.15, -0.1) is 0 Å². The van der Waals surface area contributed by atoms with Crippen LogP contribution in [-0.4, -0.2) is 35.1 Å². The fourth-order valence-corrected chi connectivity index (χ4v) is 3.76. The molecule has 0 amide bonds. The van der Waals surface area contributed by atoms with E-state index in [0.717, 1.165) is 23.0 Å². The number of fused-ring (bicyclic) bond motifs is 2. The maximum Gasteiger partial charge on any atom is 0.192 e. The molecule has 1 N–H and O–H groups in total. The van der Waals surface area contributed by atoms with Gasteiger partial charge in [-0.2, -0.15) is 0 Å². The van der Waals surface area contributed by atoms with Gasteiger partial charge in [-0.05, 0) is 44.0 Å². The molecule has 2 fully saturated rings. The normalized spacial score (nSPS) is 26.9. The lowest BCUT2D eigenvalue weighted by molar-refractivity contribution is 0.193.